The minimum atomic E-state index is -0.0818. The summed E-state index contributed by atoms with van der Waals surface area (Å²) in [6.45, 7) is 0. The Bertz CT molecular complexity index is 614. The maximum atomic E-state index is 6.12. The third kappa shape index (κ3) is 1.94. The third-order valence-electron chi connectivity index (χ3n) is 2.81. The number of hydrogen-bond donors (Lipinski definition) is 2. The molecule has 0 aliphatic rings. The lowest BCUT2D eigenvalue weighted by atomic mass is 10.1. The number of para-hydroxylation sites is 1. The van der Waals surface area contributed by atoms with Gasteiger partial charge in [-0.15, -0.1) is 0 Å². The first-order valence-corrected chi connectivity index (χ1v) is 6.19. The molecular formula is C12H12N4S. The summed E-state index contributed by atoms with van der Waals surface area (Å²) >= 11 is 1.36. The molecule has 0 unspecified atom stereocenters. The lowest BCUT2D eigenvalue weighted by Gasteiger charge is -2.06. The highest BCUT2D eigenvalue weighted by molar-refractivity contribution is 7.05. The van der Waals surface area contributed by atoms with E-state index in [9.17, 15) is 0 Å². The van der Waals surface area contributed by atoms with Crippen molar-refractivity contribution in [2.45, 2.75) is 12.5 Å². The number of H-pyrrole nitrogens is 1. The number of benzene rings is 1. The molecule has 1 atom stereocenters. The smallest absolute Gasteiger partial charge is 0.130 e. The van der Waals surface area contributed by atoms with Crippen LogP contribution in [0.15, 0.2) is 36.8 Å². The highest BCUT2D eigenvalue weighted by atomic mass is 32.1. The van der Waals surface area contributed by atoms with Crippen LogP contribution in [0.5, 0.6) is 0 Å². The van der Waals surface area contributed by atoms with Gasteiger partial charge in [-0.3, -0.25) is 0 Å². The number of nitrogens with two attached hydrogens (primary N) is 1. The lowest BCUT2D eigenvalue weighted by Crippen LogP contribution is -2.12. The van der Waals surface area contributed by atoms with Crippen LogP contribution in [0.1, 0.15) is 16.6 Å². The first-order chi connectivity index (χ1) is 8.34. The van der Waals surface area contributed by atoms with E-state index >= 15 is 0 Å². The van der Waals surface area contributed by atoms with E-state index in [0.29, 0.717) is 0 Å². The summed E-state index contributed by atoms with van der Waals surface area (Å²) in [5.41, 5.74) is 8.49. The molecule has 86 valence electrons. The second kappa shape index (κ2) is 4.27. The van der Waals surface area contributed by atoms with Crippen LogP contribution in [0.4, 0.5) is 0 Å². The molecule has 17 heavy (non-hydrogen) atoms. The predicted octanol–water partition coefficient (Wildman–Crippen LogP) is 2.26. The molecule has 2 heterocycles. The van der Waals surface area contributed by atoms with Gasteiger partial charge in [0.25, 0.3) is 0 Å². The maximum absolute atomic E-state index is 6.12. The summed E-state index contributed by atoms with van der Waals surface area (Å²) in [6, 6.07) is 8.15. The number of fused-ring (bicyclic) bond motifs is 1. The Labute approximate surface area is 103 Å². The topological polar surface area (TPSA) is 67.6 Å². The van der Waals surface area contributed by atoms with E-state index in [4.69, 9.17) is 5.73 Å². The maximum Gasteiger partial charge on any atom is 0.130 e. The molecule has 0 spiro atoms. The minimum absolute atomic E-state index is 0.0818. The Hall–Kier alpha value is -1.72. The largest absolute Gasteiger partial charge is 0.361 e. The average Bonchev–Trinajstić information content (AvgIpc) is 2.98. The number of hydrogen-bond acceptors (Lipinski definition) is 4. The van der Waals surface area contributed by atoms with Crippen molar-refractivity contribution in [3.63, 3.8) is 0 Å². The van der Waals surface area contributed by atoms with Gasteiger partial charge in [-0.25, -0.2) is 4.98 Å². The Morgan fingerprint density at radius 2 is 2.24 bits per heavy atom. The van der Waals surface area contributed by atoms with Crippen molar-refractivity contribution in [1.82, 2.24) is 14.3 Å². The van der Waals surface area contributed by atoms with Gasteiger partial charge in [0.1, 0.15) is 11.3 Å². The molecule has 0 radical (unpaired) electrons. The van der Waals surface area contributed by atoms with Crippen LogP contribution in [0.25, 0.3) is 10.9 Å². The van der Waals surface area contributed by atoms with Crippen molar-refractivity contribution < 1.29 is 0 Å². The predicted molar refractivity (Wildman–Crippen MR) is 68.8 cm³/mol. The Morgan fingerprint density at radius 1 is 1.35 bits per heavy atom. The van der Waals surface area contributed by atoms with Crippen LogP contribution in [-0.2, 0) is 6.42 Å². The van der Waals surface area contributed by atoms with Gasteiger partial charge in [0, 0.05) is 17.1 Å². The highest BCUT2D eigenvalue weighted by Crippen LogP contribution is 2.23. The normalized spacial score (nSPS) is 13.0. The first kappa shape index (κ1) is 10.4. The molecule has 2 aromatic heterocycles. The number of nitrogens with one attached hydrogen (secondary N) is 1. The number of rotatable bonds is 3. The van der Waals surface area contributed by atoms with Crippen LogP contribution in [-0.4, -0.2) is 14.3 Å². The second-order valence-electron chi connectivity index (χ2n) is 3.95. The SMILES string of the molecule is N[C@@H](Cc1c[nH]c2ccccc12)c1ncns1. The Balaban J connectivity index is 1.90. The van der Waals surface area contributed by atoms with Crippen molar-refractivity contribution in [2.75, 3.05) is 0 Å². The third-order valence-corrected chi connectivity index (χ3v) is 3.61. The summed E-state index contributed by atoms with van der Waals surface area (Å²) in [4.78, 5) is 7.40. The number of nitrogens with zero attached hydrogens (tertiary/aromatic N) is 2. The van der Waals surface area contributed by atoms with E-state index in [0.717, 1.165) is 16.9 Å². The van der Waals surface area contributed by atoms with Crippen molar-refractivity contribution in [3.8, 4) is 0 Å². The second-order valence-corrected chi connectivity index (χ2v) is 4.76. The van der Waals surface area contributed by atoms with Crippen molar-refractivity contribution in [3.05, 3.63) is 47.4 Å². The number of aromatic amines is 1. The summed E-state index contributed by atoms with van der Waals surface area (Å²) in [5, 5.41) is 2.11. The first-order valence-electron chi connectivity index (χ1n) is 5.42. The zero-order valence-electron chi connectivity index (χ0n) is 9.13. The van der Waals surface area contributed by atoms with Crippen LogP contribution in [0.2, 0.25) is 0 Å². The van der Waals surface area contributed by atoms with Crippen LogP contribution in [0.3, 0.4) is 0 Å². The number of aromatic nitrogens is 3. The Morgan fingerprint density at radius 3 is 3.06 bits per heavy atom. The van der Waals surface area contributed by atoms with Gasteiger partial charge in [0.15, 0.2) is 0 Å². The lowest BCUT2D eigenvalue weighted by molar-refractivity contribution is 0.718. The van der Waals surface area contributed by atoms with Crippen LogP contribution >= 0.6 is 11.5 Å². The fourth-order valence-corrected chi connectivity index (χ4v) is 2.49. The van der Waals surface area contributed by atoms with Gasteiger partial charge in [0.2, 0.25) is 0 Å². The molecule has 3 rings (SSSR count). The van der Waals surface area contributed by atoms with Gasteiger partial charge in [-0.05, 0) is 29.6 Å². The van der Waals surface area contributed by atoms with Crippen molar-refractivity contribution in [2.24, 2.45) is 5.73 Å². The zero-order valence-corrected chi connectivity index (χ0v) is 9.95. The monoisotopic (exact) mass is 244 g/mol. The van der Waals surface area contributed by atoms with E-state index in [1.807, 2.05) is 18.3 Å². The molecule has 1 aromatic carbocycles. The molecule has 0 bridgehead atoms. The molecule has 0 fully saturated rings. The fourth-order valence-electron chi connectivity index (χ4n) is 1.97. The van der Waals surface area contributed by atoms with Gasteiger partial charge in [-0.1, -0.05) is 18.2 Å². The molecule has 0 aliphatic carbocycles. The van der Waals surface area contributed by atoms with Gasteiger partial charge < -0.3 is 10.7 Å². The molecule has 5 heteroatoms. The van der Waals surface area contributed by atoms with Crippen molar-refractivity contribution >= 4 is 22.4 Å². The van der Waals surface area contributed by atoms with Crippen LogP contribution < -0.4 is 5.73 Å². The van der Waals surface area contributed by atoms with Gasteiger partial charge >= 0.3 is 0 Å². The van der Waals surface area contributed by atoms with E-state index in [1.165, 1.54) is 22.5 Å². The molecule has 4 nitrogen and oxygen atoms in total. The molecule has 0 saturated heterocycles. The zero-order chi connectivity index (χ0) is 11.7. The summed E-state index contributed by atoms with van der Waals surface area (Å²) in [6.07, 6.45) is 4.35. The van der Waals surface area contributed by atoms with E-state index in [-0.39, 0.29) is 6.04 Å². The summed E-state index contributed by atoms with van der Waals surface area (Å²) in [7, 11) is 0. The average molecular weight is 244 g/mol. The van der Waals surface area contributed by atoms with Gasteiger partial charge in [0.05, 0.1) is 6.04 Å². The highest BCUT2D eigenvalue weighted by Gasteiger charge is 2.12. The summed E-state index contributed by atoms with van der Waals surface area (Å²) < 4.78 is 3.98. The van der Waals surface area contributed by atoms with Crippen LogP contribution in [0, 0.1) is 0 Å². The molecule has 0 aliphatic heterocycles. The quantitative estimate of drug-likeness (QED) is 0.742. The Kier molecular flexibility index (Phi) is 2.62. The van der Waals surface area contributed by atoms with E-state index in [1.54, 1.807) is 6.33 Å². The molecule has 0 saturated carbocycles. The van der Waals surface area contributed by atoms with E-state index < -0.39 is 0 Å². The van der Waals surface area contributed by atoms with Crippen molar-refractivity contribution in [1.29, 1.82) is 0 Å². The molecular weight excluding hydrogens is 232 g/mol. The van der Waals surface area contributed by atoms with Gasteiger partial charge in [-0.2, -0.15) is 4.37 Å². The van der Waals surface area contributed by atoms with E-state index in [2.05, 4.69) is 26.5 Å². The fraction of sp³-hybridized carbons (Fsp3) is 0.167. The minimum Gasteiger partial charge on any atom is -0.361 e. The molecule has 0 amide bonds. The molecule has 3 aromatic rings. The molecule has 3 N–H and O–H groups in total. The summed E-state index contributed by atoms with van der Waals surface area (Å²) in [5.74, 6) is 0. The standard InChI is InChI=1S/C12H12N4S/c13-10(12-15-7-16-17-12)5-8-6-14-11-4-2-1-3-9(8)11/h1-4,6-7,10,14H,5,13H2/t10-/m0/s1.